The molecule has 0 aliphatic carbocycles. The molecule has 0 unspecified atom stereocenters. The first-order valence-electron chi connectivity index (χ1n) is 9.54. The van der Waals surface area contributed by atoms with Crippen LogP contribution in [0.1, 0.15) is 5.56 Å². The summed E-state index contributed by atoms with van der Waals surface area (Å²) in [5.74, 6) is -0.484. The van der Waals surface area contributed by atoms with Gasteiger partial charge in [-0.05, 0) is 29.8 Å². The first-order chi connectivity index (χ1) is 15.7. The lowest BCUT2D eigenvalue weighted by Gasteiger charge is -2.05. The van der Waals surface area contributed by atoms with Gasteiger partial charge in [-0.2, -0.15) is 5.10 Å². The van der Waals surface area contributed by atoms with Gasteiger partial charge in [0.1, 0.15) is 16.5 Å². The van der Waals surface area contributed by atoms with Crippen LogP contribution in [0.5, 0.6) is 11.5 Å². The lowest BCUT2D eigenvalue weighted by molar-refractivity contribution is -0.136. The number of rotatable bonds is 6. The van der Waals surface area contributed by atoms with E-state index in [1.165, 1.54) is 17.6 Å². The van der Waals surface area contributed by atoms with Crippen LogP contribution in [0.3, 0.4) is 0 Å². The van der Waals surface area contributed by atoms with Gasteiger partial charge in [-0.1, -0.05) is 72.0 Å². The van der Waals surface area contributed by atoms with Crippen molar-refractivity contribution in [1.29, 1.82) is 0 Å². The summed E-state index contributed by atoms with van der Waals surface area (Å²) >= 11 is 1.17. The Hall–Kier alpha value is -4.37. The van der Waals surface area contributed by atoms with Crippen molar-refractivity contribution < 1.29 is 14.3 Å². The third-order valence-electron chi connectivity index (χ3n) is 4.09. The lowest BCUT2D eigenvalue weighted by Crippen LogP contribution is -2.32. The van der Waals surface area contributed by atoms with Crippen LogP contribution in [-0.2, 0) is 9.59 Å². The van der Waals surface area contributed by atoms with Gasteiger partial charge in [-0.15, -0.1) is 10.2 Å². The van der Waals surface area contributed by atoms with Gasteiger partial charge >= 0.3 is 11.8 Å². The van der Waals surface area contributed by atoms with E-state index in [1.807, 2.05) is 66.7 Å². The van der Waals surface area contributed by atoms with Gasteiger partial charge in [0, 0.05) is 5.56 Å². The molecule has 0 saturated heterocycles. The van der Waals surface area contributed by atoms with E-state index >= 15 is 0 Å². The van der Waals surface area contributed by atoms with Gasteiger partial charge < -0.3 is 4.74 Å². The van der Waals surface area contributed by atoms with Crippen LogP contribution < -0.4 is 15.5 Å². The molecule has 4 rings (SSSR count). The Kier molecular flexibility index (Phi) is 6.59. The molecule has 2 amide bonds. The Balaban J connectivity index is 1.31. The number of aromatic nitrogens is 2. The van der Waals surface area contributed by atoms with Crippen LogP contribution >= 0.6 is 11.3 Å². The zero-order valence-electron chi connectivity index (χ0n) is 16.6. The average molecular weight is 443 g/mol. The Labute approximate surface area is 187 Å². The minimum atomic E-state index is -0.922. The molecule has 0 aliphatic heterocycles. The number of hydrogen-bond acceptors (Lipinski definition) is 7. The molecule has 0 aliphatic rings. The number of hydrazone groups is 1. The molecule has 0 saturated carbocycles. The number of amides is 2. The number of nitrogens with one attached hydrogen (secondary N) is 2. The molecule has 4 aromatic rings. The van der Waals surface area contributed by atoms with E-state index in [0.717, 1.165) is 5.56 Å². The molecule has 9 heteroatoms. The number of nitrogens with zero attached hydrogens (tertiary/aromatic N) is 3. The minimum absolute atomic E-state index is 0.221. The van der Waals surface area contributed by atoms with Crippen LogP contribution in [-0.4, -0.2) is 28.2 Å². The minimum Gasteiger partial charge on any atom is -0.457 e. The number of carbonyl (C=O) groups excluding carboxylic acids is 2. The lowest BCUT2D eigenvalue weighted by atomic mass is 10.2. The van der Waals surface area contributed by atoms with E-state index in [0.29, 0.717) is 22.1 Å². The molecule has 8 nitrogen and oxygen atoms in total. The third-order valence-corrected chi connectivity index (χ3v) is 4.98. The van der Waals surface area contributed by atoms with Gasteiger partial charge in [0.15, 0.2) is 0 Å². The molecule has 0 spiro atoms. The quantitative estimate of drug-likeness (QED) is 0.265. The fraction of sp³-hybridized carbons (Fsp3) is 0. The maximum atomic E-state index is 12.1. The van der Waals surface area contributed by atoms with Gasteiger partial charge in [-0.3, -0.25) is 14.9 Å². The summed E-state index contributed by atoms with van der Waals surface area (Å²) in [4.78, 5) is 24.1. The molecule has 1 heterocycles. The number of carbonyl (C=O) groups is 2. The Morgan fingerprint density at radius 2 is 1.56 bits per heavy atom. The van der Waals surface area contributed by atoms with Gasteiger partial charge in [-0.25, -0.2) is 5.43 Å². The van der Waals surface area contributed by atoms with Crippen molar-refractivity contribution in [3.05, 3.63) is 90.5 Å². The molecule has 3 aromatic carbocycles. The molecular weight excluding hydrogens is 426 g/mol. The molecule has 0 bridgehead atoms. The largest absolute Gasteiger partial charge is 0.457 e. The normalized spacial score (nSPS) is 10.6. The summed E-state index contributed by atoms with van der Waals surface area (Å²) < 4.78 is 5.76. The number of benzene rings is 3. The third kappa shape index (κ3) is 5.61. The van der Waals surface area contributed by atoms with Crippen molar-refractivity contribution in [3.8, 4) is 22.1 Å². The Morgan fingerprint density at radius 1 is 0.844 bits per heavy atom. The predicted octanol–water partition coefficient (Wildman–Crippen LogP) is 4.09. The van der Waals surface area contributed by atoms with E-state index in [2.05, 4.69) is 26.0 Å². The van der Waals surface area contributed by atoms with Gasteiger partial charge in [0.05, 0.1) is 6.21 Å². The average Bonchev–Trinajstić information content (AvgIpc) is 3.29. The maximum Gasteiger partial charge on any atom is 0.329 e. The van der Waals surface area contributed by atoms with Crippen molar-refractivity contribution in [1.82, 2.24) is 15.6 Å². The first kappa shape index (κ1) is 20.9. The standard InChI is InChI=1S/C23H17N5O3S/c29-20(25-23-28-27-22(32-23)17-9-3-1-4-10-17)21(30)26-24-15-16-8-7-13-19(14-16)31-18-11-5-2-6-12-18/h1-15H,(H,26,30)(H,25,28,29). The van der Waals surface area contributed by atoms with Crippen molar-refractivity contribution in [2.45, 2.75) is 0 Å². The fourth-order valence-corrected chi connectivity index (χ4v) is 3.37. The van der Waals surface area contributed by atoms with Crippen LogP contribution in [0.25, 0.3) is 10.6 Å². The van der Waals surface area contributed by atoms with Crippen molar-refractivity contribution in [2.24, 2.45) is 5.10 Å². The maximum absolute atomic E-state index is 12.1. The molecule has 2 N–H and O–H groups in total. The summed E-state index contributed by atoms with van der Waals surface area (Å²) in [5.41, 5.74) is 3.76. The Morgan fingerprint density at radius 3 is 2.34 bits per heavy atom. The van der Waals surface area contributed by atoms with Crippen molar-refractivity contribution in [2.75, 3.05) is 5.32 Å². The molecular formula is C23H17N5O3S. The second kappa shape index (κ2) is 10.1. The molecule has 158 valence electrons. The molecule has 0 radical (unpaired) electrons. The monoisotopic (exact) mass is 443 g/mol. The smallest absolute Gasteiger partial charge is 0.329 e. The molecule has 32 heavy (non-hydrogen) atoms. The molecule has 1 aromatic heterocycles. The van der Waals surface area contributed by atoms with E-state index in [4.69, 9.17) is 4.74 Å². The highest BCUT2D eigenvalue weighted by molar-refractivity contribution is 7.18. The number of hydrogen-bond donors (Lipinski definition) is 2. The zero-order valence-corrected chi connectivity index (χ0v) is 17.5. The number of para-hydroxylation sites is 1. The summed E-state index contributed by atoms with van der Waals surface area (Å²) in [7, 11) is 0. The zero-order chi connectivity index (χ0) is 22.2. The second-order valence-corrected chi connectivity index (χ2v) is 7.40. The summed E-state index contributed by atoms with van der Waals surface area (Å²) in [6.45, 7) is 0. The fourth-order valence-electron chi connectivity index (χ4n) is 2.62. The summed E-state index contributed by atoms with van der Waals surface area (Å²) in [6.07, 6.45) is 1.42. The molecule has 0 atom stereocenters. The predicted molar refractivity (Wildman–Crippen MR) is 123 cm³/mol. The van der Waals surface area contributed by atoms with Gasteiger partial charge in [0.2, 0.25) is 5.13 Å². The second-order valence-electron chi connectivity index (χ2n) is 6.42. The Bertz CT molecular complexity index is 1240. The van der Waals surface area contributed by atoms with E-state index < -0.39 is 11.8 Å². The number of anilines is 1. The highest BCUT2D eigenvalue weighted by Crippen LogP contribution is 2.25. The van der Waals surface area contributed by atoms with Crippen molar-refractivity contribution >= 4 is 34.5 Å². The topological polar surface area (TPSA) is 106 Å². The van der Waals surface area contributed by atoms with E-state index in [1.54, 1.807) is 18.2 Å². The van der Waals surface area contributed by atoms with Crippen LogP contribution in [0.4, 0.5) is 5.13 Å². The van der Waals surface area contributed by atoms with Crippen molar-refractivity contribution in [3.63, 3.8) is 0 Å². The highest BCUT2D eigenvalue weighted by Gasteiger charge is 2.16. The molecule has 0 fully saturated rings. The van der Waals surface area contributed by atoms with E-state index in [-0.39, 0.29) is 5.13 Å². The van der Waals surface area contributed by atoms with Gasteiger partial charge in [0.25, 0.3) is 0 Å². The van der Waals surface area contributed by atoms with Crippen LogP contribution in [0.2, 0.25) is 0 Å². The van der Waals surface area contributed by atoms with E-state index in [9.17, 15) is 9.59 Å². The SMILES string of the molecule is O=C(NN=Cc1cccc(Oc2ccccc2)c1)C(=O)Nc1nnc(-c2ccccc2)s1. The van der Waals surface area contributed by atoms with Crippen LogP contribution in [0, 0.1) is 0 Å². The first-order valence-corrected chi connectivity index (χ1v) is 10.4. The van der Waals surface area contributed by atoms with Crippen LogP contribution in [0.15, 0.2) is 90.0 Å². The highest BCUT2D eigenvalue weighted by atomic mass is 32.1. The summed E-state index contributed by atoms with van der Waals surface area (Å²) in [6, 6.07) is 25.9. The summed E-state index contributed by atoms with van der Waals surface area (Å²) in [5, 5.41) is 15.0. The number of ether oxygens (including phenoxy) is 1.